The van der Waals surface area contributed by atoms with Crippen molar-refractivity contribution in [2.75, 3.05) is 37.4 Å². The second-order valence-corrected chi connectivity index (χ2v) is 11.2. The van der Waals surface area contributed by atoms with Crippen LogP contribution in [0.2, 0.25) is 0 Å². The van der Waals surface area contributed by atoms with Crippen molar-refractivity contribution in [3.63, 3.8) is 0 Å². The molecule has 2 N–H and O–H groups in total. The van der Waals surface area contributed by atoms with Gasteiger partial charge in [-0.2, -0.15) is 10.1 Å². The summed E-state index contributed by atoms with van der Waals surface area (Å²) >= 11 is 0. The molecule has 43 heavy (non-hydrogen) atoms. The molecule has 3 heterocycles. The lowest BCUT2D eigenvalue weighted by Crippen LogP contribution is -2.33. The zero-order valence-electron chi connectivity index (χ0n) is 25.2. The van der Waals surface area contributed by atoms with Gasteiger partial charge in [-0.25, -0.2) is 9.48 Å². The third-order valence-electron chi connectivity index (χ3n) is 6.20. The summed E-state index contributed by atoms with van der Waals surface area (Å²) in [5.41, 5.74) is 0.912. The zero-order chi connectivity index (χ0) is 31.1. The van der Waals surface area contributed by atoms with Crippen LogP contribution in [-0.2, 0) is 32.7 Å². The summed E-state index contributed by atoms with van der Waals surface area (Å²) in [6.45, 7) is 8.19. The molecule has 2 aromatic heterocycles. The van der Waals surface area contributed by atoms with Gasteiger partial charge in [-0.05, 0) is 39.8 Å². The molecule has 0 saturated carbocycles. The maximum absolute atomic E-state index is 12.8. The fourth-order valence-corrected chi connectivity index (χ4v) is 3.99. The number of ether oxygens (including phenoxy) is 4. The monoisotopic (exact) mass is 598 g/mol. The van der Waals surface area contributed by atoms with Crippen LogP contribution in [0.5, 0.6) is 11.8 Å². The highest BCUT2D eigenvalue weighted by molar-refractivity contribution is 5.94. The minimum absolute atomic E-state index is 0.00914. The van der Waals surface area contributed by atoms with Gasteiger partial charge in [0.25, 0.3) is 11.9 Å². The van der Waals surface area contributed by atoms with Crippen molar-refractivity contribution in [2.45, 2.75) is 58.5 Å². The molecule has 232 valence electrons. The van der Waals surface area contributed by atoms with E-state index in [4.69, 9.17) is 18.9 Å². The first-order valence-electron chi connectivity index (χ1n) is 13.8. The van der Waals surface area contributed by atoms with E-state index in [2.05, 4.69) is 25.8 Å². The van der Waals surface area contributed by atoms with Crippen LogP contribution in [0.1, 0.15) is 32.8 Å². The third kappa shape index (κ3) is 9.43. The molecule has 15 nitrogen and oxygen atoms in total. The van der Waals surface area contributed by atoms with Crippen LogP contribution in [-0.4, -0.2) is 92.0 Å². The highest BCUT2D eigenvalue weighted by atomic mass is 16.6. The Bertz CT molecular complexity index is 1410. The molecule has 1 aliphatic heterocycles. The first-order chi connectivity index (χ1) is 20.3. The van der Waals surface area contributed by atoms with Crippen LogP contribution in [0.4, 0.5) is 16.4 Å². The van der Waals surface area contributed by atoms with Crippen molar-refractivity contribution >= 4 is 29.5 Å². The Hall–Kier alpha value is -4.66. The highest BCUT2D eigenvalue weighted by Gasteiger charge is 2.33. The first kappa shape index (κ1) is 31.3. The lowest BCUT2D eigenvalue weighted by atomic mass is 10.2. The number of anilines is 2. The van der Waals surface area contributed by atoms with E-state index in [0.29, 0.717) is 18.8 Å². The molecule has 0 unspecified atom stereocenters. The molecule has 0 aliphatic carbocycles. The number of nitrogens with one attached hydrogen (secondary N) is 2. The number of amides is 3. The lowest BCUT2D eigenvalue weighted by Gasteiger charge is -2.18. The van der Waals surface area contributed by atoms with E-state index in [1.807, 2.05) is 31.2 Å². The maximum Gasteiger partial charge on any atom is 0.414 e. The van der Waals surface area contributed by atoms with Crippen LogP contribution >= 0.6 is 0 Å². The summed E-state index contributed by atoms with van der Waals surface area (Å²) in [7, 11) is 3.31. The molecule has 15 heteroatoms. The Labute approximate surface area is 249 Å². The smallest absolute Gasteiger partial charge is 0.414 e. The van der Waals surface area contributed by atoms with Crippen molar-refractivity contribution in [2.24, 2.45) is 7.05 Å². The Morgan fingerprint density at radius 1 is 1.16 bits per heavy atom. The average Bonchev–Trinajstić information content (AvgIpc) is 3.65. The van der Waals surface area contributed by atoms with Gasteiger partial charge >= 0.3 is 12.1 Å². The SMILES string of the molecule is Cc1ccc(OCCN(C)C(=O)Cn2cc(NC(=O)[C@H]3C[C@H](Oc4nc(NC(=O)OC(C)(C)C)nn4C)CO3)cn2)cc1. The van der Waals surface area contributed by atoms with Crippen molar-refractivity contribution in [3.8, 4) is 11.8 Å². The molecule has 3 amide bonds. The van der Waals surface area contributed by atoms with E-state index in [1.54, 1.807) is 46.0 Å². The highest BCUT2D eigenvalue weighted by Crippen LogP contribution is 2.21. The molecule has 2 atom stereocenters. The minimum Gasteiger partial charge on any atom is -0.492 e. The number of hydrogen-bond donors (Lipinski definition) is 2. The number of carbonyl (C=O) groups excluding carboxylic acids is 3. The lowest BCUT2D eigenvalue weighted by molar-refractivity contribution is -0.131. The fourth-order valence-electron chi connectivity index (χ4n) is 3.99. The van der Waals surface area contributed by atoms with E-state index in [9.17, 15) is 14.4 Å². The summed E-state index contributed by atoms with van der Waals surface area (Å²) in [6.07, 6.45) is 1.41. The minimum atomic E-state index is -0.762. The standard InChI is InChI=1S/C28H38N8O7/c1-18-7-9-20(10-8-18)40-12-11-34(5)23(37)16-36-15-19(14-29-36)30-24(38)22-13-21(17-41-22)42-26-31-25(33-35(26)6)32-27(39)43-28(2,3)4/h7-10,14-15,21-22H,11-13,16-17H2,1-6H3,(H,30,38)(H,32,33,39)/t21-,22+/m0/s1. The van der Waals surface area contributed by atoms with E-state index >= 15 is 0 Å². The first-order valence-corrected chi connectivity index (χ1v) is 13.8. The Kier molecular flexibility index (Phi) is 9.85. The summed E-state index contributed by atoms with van der Waals surface area (Å²) in [6, 6.07) is 7.86. The number of aryl methyl sites for hydroxylation is 2. The fraction of sp³-hybridized carbons (Fsp3) is 0.500. The van der Waals surface area contributed by atoms with Gasteiger partial charge in [-0.1, -0.05) is 17.7 Å². The van der Waals surface area contributed by atoms with E-state index in [1.165, 1.54) is 15.6 Å². The van der Waals surface area contributed by atoms with Crippen LogP contribution in [0.15, 0.2) is 36.7 Å². The predicted octanol–water partition coefficient (Wildman–Crippen LogP) is 2.38. The summed E-state index contributed by atoms with van der Waals surface area (Å²) in [5.74, 6) is 0.254. The predicted molar refractivity (Wildman–Crippen MR) is 155 cm³/mol. The van der Waals surface area contributed by atoms with Gasteiger partial charge in [-0.3, -0.25) is 19.6 Å². The van der Waals surface area contributed by atoms with Crippen molar-refractivity contribution < 1.29 is 33.3 Å². The van der Waals surface area contributed by atoms with E-state index in [0.717, 1.165) is 11.3 Å². The molecular weight excluding hydrogens is 560 g/mol. The quantitative estimate of drug-likeness (QED) is 0.335. The number of benzene rings is 1. The zero-order valence-corrected chi connectivity index (χ0v) is 25.2. The van der Waals surface area contributed by atoms with Crippen LogP contribution in [0, 0.1) is 6.92 Å². The van der Waals surface area contributed by atoms with Crippen LogP contribution in [0.3, 0.4) is 0 Å². The van der Waals surface area contributed by atoms with E-state index in [-0.39, 0.29) is 43.3 Å². The van der Waals surface area contributed by atoms with E-state index < -0.39 is 23.9 Å². The number of carbonyl (C=O) groups is 3. The summed E-state index contributed by atoms with van der Waals surface area (Å²) in [4.78, 5) is 43.1. The number of rotatable bonds is 11. The van der Waals surface area contributed by atoms with Gasteiger partial charge in [0.1, 0.15) is 36.7 Å². The molecular formula is C28H38N8O7. The topological polar surface area (TPSA) is 164 Å². The Morgan fingerprint density at radius 2 is 1.91 bits per heavy atom. The van der Waals surface area contributed by atoms with Crippen molar-refractivity contribution in [3.05, 3.63) is 42.2 Å². The number of likely N-dealkylation sites (N-methyl/N-ethyl adjacent to an activating group) is 1. The van der Waals surface area contributed by atoms with Crippen molar-refractivity contribution in [1.29, 1.82) is 0 Å². The average molecular weight is 599 g/mol. The summed E-state index contributed by atoms with van der Waals surface area (Å²) < 4.78 is 25.2. The molecule has 0 spiro atoms. The normalized spacial score (nSPS) is 16.4. The second kappa shape index (κ2) is 13.5. The molecule has 0 bridgehead atoms. The van der Waals surface area contributed by atoms with Gasteiger partial charge in [0.15, 0.2) is 0 Å². The molecule has 4 rings (SSSR count). The van der Waals surface area contributed by atoms with Gasteiger partial charge in [-0.15, -0.1) is 5.10 Å². The van der Waals surface area contributed by atoms with Gasteiger partial charge in [0, 0.05) is 26.7 Å². The Balaban J connectivity index is 1.19. The Morgan fingerprint density at radius 3 is 2.63 bits per heavy atom. The maximum atomic E-state index is 12.8. The molecule has 1 saturated heterocycles. The van der Waals surface area contributed by atoms with Gasteiger partial charge in [0.2, 0.25) is 5.91 Å². The molecule has 1 aliphatic rings. The number of nitrogens with zero attached hydrogens (tertiary/aromatic N) is 6. The summed E-state index contributed by atoms with van der Waals surface area (Å²) in [5, 5.41) is 13.5. The molecule has 1 fully saturated rings. The molecule has 3 aromatic rings. The molecule has 0 radical (unpaired) electrons. The third-order valence-corrected chi connectivity index (χ3v) is 6.20. The molecule has 1 aromatic carbocycles. The number of hydrogen-bond acceptors (Lipinski definition) is 10. The van der Waals surface area contributed by atoms with Gasteiger partial charge < -0.3 is 29.2 Å². The largest absolute Gasteiger partial charge is 0.492 e. The van der Waals surface area contributed by atoms with Gasteiger partial charge in [0.05, 0.1) is 25.0 Å². The van der Waals surface area contributed by atoms with Crippen LogP contribution in [0.25, 0.3) is 0 Å². The van der Waals surface area contributed by atoms with Crippen LogP contribution < -0.4 is 20.1 Å². The number of aromatic nitrogens is 5. The second-order valence-electron chi connectivity index (χ2n) is 11.2. The van der Waals surface area contributed by atoms with Crippen molar-refractivity contribution in [1.82, 2.24) is 29.4 Å².